The zero-order chi connectivity index (χ0) is 12.3. The Morgan fingerprint density at radius 1 is 1.29 bits per heavy atom. The lowest BCUT2D eigenvalue weighted by Crippen LogP contribution is -2.24. The summed E-state index contributed by atoms with van der Waals surface area (Å²) in [5.41, 5.74) is 0.562. The molecule has 0 aromatic heterocycles. The summed E-state index contributed by atoms with van der Waals surface area (Å²) in [7, 11) is 0. The van der Waals surface area contributed by atoms with Crippen LogP contribution in [0.15, 0.2) is 18.2 Å². The van der Waals surface area contributed by atoms with Crippen LogP contribution in [0.3, 0.4) is 0 Å². The molecule has 0 heterocycles. The zero-order valence-corrected chi connectivity index (χ0v) is 10.3. The summed E-state index contributed by atoms with van der Waals surface area (Å²) in [5, 5.41) is 2.82. The van der Waals surface area contributed by atoms with Gasteiger partial charge in [0, 0.05) is 11.6 Å². The van der Waals surface area contributed by atoms with Crippen molar-refractivity contribution < 1.29 is 9.18 Å². The molecule has 1 amide bonds. The lowest BCUT2D eigenvalue weighted by molar-refractivity contribution is -0.120. The molecule has 2 rings (SSSR count). The van der Waals surface area contributed by atoms with Crippen molar-refractivity contribution in [1.82, 2.24) is 0 Å². The van der Waals surface area contributed by atoms with E-state index >= 15 is 0 Å². The molecule has 1 aliphatic carbocycles. The molecular formula is C13H15ClFNO. The first-order chi connectivity index (χ1) is 8.16. The highest BCUT2D eigenvalue weighted by Crippen LogP contribution is 2.26. The maximum Gasteiger partial charge on any atom is 0.227 e. The number of hydrogen-bond donors (Lipinski definition) is 1. The zero-order valence-electron chi connectivity index (χ0n) is 9.51. The number of halogens is 2. The number of anilines is 1. The Morgan fingerprint density at radius 2 is 2.00 bits per heavy atom. The third-order valence-corrected chi connectivity index (χ3v) is 3.45. The number of amides is 1. The maximum atomic E-state index is 12.9. The van der Waals surface area contributed by atoms with E-state index in [9.17, 15) is 9.18 Å². The molecule has 17 heavy (non-hydrogen) atoms. The van der Waals surface area contributed by atoms with Gasteiger partial charge in [-0.25, -0.2) is 4.39 Å². The highest BCUT2D eigenvalue weighted by Gasteiger charge is 2.21. The Kier molecular flexibility index (Phi) is 4.00. The van der Waals surface area contributed by atoms with Crippen LogP contribution in [0, 0.1) is 11.7 Å². The van der Waals surface area contributed by atoms with Gasteiger partial charge in [0.1, 0.15) is 5.82 Å². The fraction of sp³-hybridized carbons (Fsp3) is 0.462. The number of benzene rings is 1. The molecule has 0 radical (unpaired) electrons. The fourth-order valence-corrected chi connectivity index (χ4v) is 2.36. The van der Waals surface area contributed by atoms with E-state index < -0.39 is 5.82 Å². The van der Waals surface area contributed by atoms with E-state index in [2.05, 4.69) is 5.32 Å². The number of carbonyl (C=O) groups is 1. The van der Waals surface area contributed by atoms with Crippen molar-refractivity contribution >= 4 is 23.2 Å². The highest BCUT2D eigenvalue weighted by atomic mass is 35.5. The van der Waals surface area contributed by atoms with Crippen LogP contribution in [0.2, 0.25) is 5.02 Å². The van der Waals surface area contributed by atoms with Crippen LogP contribution >= 0.6 is 11.6 Å². The molecule has 1 aromatic rings. The van der Waals surface area contributed by atoms with Gasteiger partial charge in [0.05, 0.1) is 5.02 Å². The summed E-state index contributed by atoms with van der Waals surface area (Å²) in [6.45, 7) is 0. The van der Waals surface area contributed by atoms with E-state index in [-0.39, 0.29) is 16.8 Å². The summed E-state index contributed by atoms with van der Waals surface area (Å²) in [6, 6.07) is 4.23. The highest BCUT2D eigenvalue weighted by molar-refractivity contribution is 6.31. The Balaban J connectivity index is 1.99. The Hall–Kier alpha value is -1.09. The molecular weight excluding hydrogens is 241 g/mol. The minimum absolute atomic E-state index is 0.0207. The van der Waals surface area contributed by atoms with E-state index in [0.717, 1.165) is 25.7 Å². The Bertz CT molecular complexity index is 416. The van der Waals surface area contributed by atoms with Gasteiger partial charge in [-0.2, -0.15) is 0 Å². The molecule has 0 aliphatic heterocycles. The quantitative estimate of drug-likeness (QED) is 0.850. The number of nitrogens with one attached hydrogen (secondary N) is 1. The summed E-state index contributed by atoms with van der Waals surface area (Å²) in [5.74, 6) is -0.359. The summed E-state index contributed by atoms with van der Waals surface area (Å²) < 4.78 is 12.9. The molecule has 4 heteroatoms. The molecule has 1 aliphatic rings. The second-order valence-electron chi connectivity index (χ2n) is 4.45. The van der Waals surface area contributed by atoms with E-state index in [0.29, 0.717) is 5.69 Å². The molecule has 0 unspecified atom stereocenters. The van der Waals surface area contributed by atoms with Crippen molar-refractivity contribution in [3.05, 3.63) is 29.0 Å². The van der Waals surface area contributed by atoms with Crippen molar-refractivity contribution in [3.8, 4) is 0 Å². The van der Waals surface area contributed by atoms with Gasteiger partial charge in [-0.1, -0.05) is 30.9 Å². The van der Waals surface area contributed by atoms with Crippen molar-refractivity contribution in [1.29, 1.82) is 0 Å². The molecule has 2 nitrogen and oxygen atoms in total. The Labute approximate surface area is 105 Å². The molecule has 0 saturated heterocycles. The molecule has 0 spiro atoms. The first kappa shape index (κ1) is 12.4. The van der Waals surface area contributed by atoms with Gasteiger partial charge in [-0.3, -0.25) is 4.79 Å². The monoisotopic (exact) mass is 255 g/mol. The summed E-state index contributed by atoms with van der Waals surface area (Å²) in [6.07, 6.45) is 5.33. The number of carbonyl (C=O) groups excluding carboxylic acids is 1. The van der Waals surface area contributed by atoms with Gasteiger partial charge < -0.3 is 5.32 Å². The molecule has 1 fully saturated rings. The van der Waals surface area contributed by atoms with E-state index in [1.54, 1.807) is 0 Å². The third kappa shape index (κ3) is 3.19. The molecule has 0 atom stereocenters. The van der Waals surface area contributed by atoms with Crippen molar-refractivity contribution in [3.63, 3.8) is 0 Å². The normalized spacial score (nSPS) is 16.8. The largest absolute Gasteiger partial charge is 0.326 e. The number of rotatable bonds is 2. The first-order valence-corrected chi connectivity index (χ1v) is 6.30. The second kappa shape index (κ2) is 5.50. The van der Waals surface area contributed by atoms with Gasteiger partial charge in [0.25, 0.3) is 0 Å². The van der Waals surface area contributed by atoms with Gasteiger partial charge >= 0.3 is 0 Å². The fourth-order valence-electron chi connectivity index (χ4n) is 2.18. The SMILES string of the molecule is O=C(Nc1ccc(F)c(Cl)c1)C1CCCCC1. The van der Waals surface area contributed by atoms with E-state index in [4.69, 9.17) is 11.6 Å². The summed E-state index contributed by atoms with van der Waals surface area (Å²) >= 11 is 5.66. The number of hydrogen-bond acceptors (Lipinski definition) is 1. The smallest absolute Gasteiger partial charge is 0.227 e. The van der Waals surface area contributed by atoms with Crippen LogP contribution in [0.5, 0.6) is 0 Å². The van der Waals surface area contributed by atoms with Gasteiger partial charge in [-0.15, -0.1) is 0 Å². The average molecular weight is 256 g/mol. The van der Waals surface area contributed by atoms with Crippen LogP contribution in [0.4, 0.5) is 10.1 Å². The lowest BCUT2D eigenvalue weighted by atomic mass is 9.88. The Morgan fingerprint density at radius 3 is 2.65 bits per heavy atom. The standard InChI is InChI=1S/C13H15ClFNO/c14-11-8-10(6-7-12(11)15)16-13(17)9-4-2-1-3-5-9/h6-9H,1-5H2,(H,16,17). The topological polar surface area (TPSA) is 29.1 Å². The predicted molar refractivity (Wildman–Crippen MR) is 66.6 cm³/mol. The molecule has 1 aromatic carbocycles. The van der Waals surface area contributed by atoms with Gasteiger partial charge in [0.15, 0.2) is 0 Å². The average Bonchev–Trinajstić information content (AvgIpc) is 2.35. The van der Waals surface area contributed by atoms with E-state index in [1.807, 2.05) is 0 Å². The van der Waals surface area contributed by atoms with Crippen molar-refractivity contribution in [2.45, 2.75) is 32.1 Å². The van der Waals surface area contributed by atoms with Crippen LogP contribution in [0.25, 0.3) is 0 Å². The molecule has 1 N–H and O–H groups in total. The van der Waals surface area contributed by atoms with Gasteiger partial charge in [0.2, 0.25) is 5.91 Å². The first-order valence-electron chi connectivity index (χ1n) is 5.93. The van der Waals surface area contributed by atoms with Crippen LogP contribution in [-0.4, -0.2) is 5.91 Å². The van der Waals surface area contributed by atoms with E-state index in [1.165, 1.54) is 24.6 Å². The summed E-state index contributed by atoms with van der Waals surface area (Å²) in [4.78, 5) is 11.9. The lowest BCUT2D eigenvalue weighted by Gasteiger charge is -2.20. The molecule has 0 bridgehead atoms. The van der Waals surface area contributed by atoms with Crippen molar-refractivity contribution in [2.24, 2.45) is 5.92 Å². The van der Waals surface area contributed by atoms with Crippen LogP contribution < -0.4 is 5.32 Å². The minimum Gasteiger partial charge on any atom is -0.326 e. The molecule has 1 saturated carbocycles. The van der Waals surface area contributed by atoms with Crippen molar-refractivity contribution in [2.75, 3.05) is 5.32 Å². The second-order valence-corrected chi connectivity index (χ2v) is 4.86. The van der Waals surface area contributed by atoms with Crippen LogP contribution in [-0.2, 0) is 4.79 Å². The van der Waals surface area contributed by atoms with Crippen LogP contribution in [0.1, 0.15) is 32.1 Å². The third-order valence-electron chi connectivity index (χ3n) is 3.16. The minimum atomic E-state index is -0.470. The maximum absolute atomic E-state index is 12.9. The van der Waals surface area contributed by atoms with Gasteiger partial charge in [-0.05, 0) is 31.0 Å². The predicted octanol–water partition coefficient (Wildman–Crippen LogP) is 4.00. The molecule has 92 valence electrons.